The lowest BCUT2D eigenvalue weighted by Gasteiger charge is -2.26. The van der Waals surface area contributed by atoms with Gasteiger partial charge in [-0.3, -0.25) is 0 Å². The van der Waals surface area contributed by atoms with E-state index in [0.717, 1.165) is 18.7 Å². The molecule has 1 saturated heterocycles. The topological polar surface area (TPSA) is 21.7 Å². The van der Waals surface area contributed by atoms with Crippen LogP contribution in [0.15, 0.2) is 30.3 Å². The third kappa shape index (κ3) is 5.11. The second kappa shape index (κ2) is 7.38. The van der Waals surface area contributed by atoms with Gasteiger partial charge in [-0.1, -0.05) is 24.3 Å². The van der Waals surface area contributed by atoms with Crippen LogP contribution in [0.1, 0.15) is 5.56 Å². The summed E-state index contributed by atoms with van der Waals surface area (Å²) in [5.41, 5.74) is 1.01. The Bertz CT molecular complexity index is 399. The highest BCUT2D eigenvalue weighted by molar-refractivity contribution is 5.48. The molecule has 1 aliphatic rings. The Labute approximate surface area is 113 Å². The molecule has 0 aromatic heterocycles. The van der Waals surface area contributed by atoms with Crippen LogP contribution in [-0.4, -0.2) is 51.0 Å². The van der Waals surface area contributed by atoms with Crippen LogP contribution in [-0.2, 0) is 9.47 Å². The van der Waals surface area contributed by atoms with Gasteiger partial charge in [-0.25, -0.2) is 4.39 Å². The van der Waals surface area contributed by atoms with Gasteiger partial charge >= 0.3 is 0 Å². The van der Waals surface area contributed by atoms with E-state index in [1.807, 2.05) is 13.1 Å². The van der Waals surface area contributed by atoms with Gasteiger partial charge < -0.3 is 14.4 Å². The van der Waals surface area contributed by atoms with Crippen LogP contribution in [0.5, 0.6) is 0 Å². The summed E-state index contributed by atoms with van der Waals surface area (Å²) in [5.74, 6) is -0.205. The molecule has 0 spiro atoms. The highest BCUT2D eigenvalue weighted by Crippen LogP contribution is 2.06. The minimum absolute atomic E-state index is 0.165. The smallest absolute Gasteiger partial charge is 0.123 e. The third-order valence-corrected chi connectivity index (χ3v) is 3.00. The van der Waals surface area contributed by atoms with Crippen molar-refractivity contribution in [1.82, 2.24) is 4.90 Å². The Kier molecular flexibility index (Phi) is 5.51. The first kappa shape index (κ1) is 14.2. The minimum atomic E-state index is -0.205. The molecular weight excluding hydrogens is 245 g/mol. The Hall–Kier alpha value is -1.23. The molecule has 0 saturated carbocycles. The van der Waals surface area contributed by atoms with Crippen LogP contribution in [0, 0.1) is 5.82 Å². The lowest BCUT2D eigenvalue weighted by atomic mass is 10.2. The monoisotopic (exact) mass is 265 g/mol. The number of ether oxygens (including phenoxy) is 2. The van der Waals surface area contributed by atoms with Gasteiger partial charge in [0.25, 0.3) is 0 Å². The second-order valence-electron chi connectivity index (χ2n) is 4.74. The van der Waals surface area contributed by atoms with Crippen molar-refractivity contribution in [3.63, 3.8) is 0 Å². The van der Waals surface area contributed by atoms with Gasteiger partial charge in [0.05, 0.1) is 25.9 Å². The zero-order valence-corrected chi connectivity index (χ0v) is 11.2. The molecule has 4 heteroatoms. The molecule has 0 unspecified atom stereocenters. The predicted octanol–water partition coefficient (Wildman–Crippen LogP) is 2.19. The summed E-state index contributed by atoms with van der Waals surface area (Å²) < 4.78 is 23.7. The van der Waals surface area contributed by atoms with Crippen molar-refractivity contribution in [2.24, 2.45) is 0 Å². The fourth-order valence-corrected chi connectivity index (χ4v) is 2.01. The van der Waals surface area contributed by atoms with Gasteiger partial charge in [0.15, 0.2) is 0 Å². The lowest BCUT2D eigenvalue weighted by molar-refractivity contribution is -0.0950. The highest BCUT2D eigenvalue weighted by atomic mass is 19.1. The van der Waals surface area contributed by atoms with Crippen LogP contribution in [0.4, 0.5) is 4.39 Å². The minimum Gasteiger partial charge on any atom is -0.376 e. The molecule has 19 heavy (non-hydrogen) atoms. The van der Waals surface area contributed by atoms with E-state index in [9.17, 15) is 4.39 Å². The van der Waals surface area contributed by atoms with E-state index < -0.39 is 0 Å². The van der Waals surface area contributed by atoms with Crippen LogP contribution in [0.3, 0.4) is 0 Å². The van der Waals surface area contributed by atoms with Crippen molar-refractivity contribution in [1.29, 1.82) is 0 Å². The molecule has 1 fully saturated rings. The van der Waals surface area contributed by atoms with Crippen molar-refractivity contribution >= 4 is 6.08 Å². The van der Waals surface area contributed by atoms with Gasteiger partial charge in [-0.05, 0) is 24.7 Å². The molecule has 104 valence electrons. The summed E-state index contributed by atoms with van der Waals surface area (Å²) in [6, 6.07) is 6.47. The number of likely N-dealkylation sites (N-methyl/N-ethyl adjacent to an activating group) is 1. The van der Waals surface area contributed by atoms with E-state index in [4.69, 9.17) is 9.47 Å². The number of hydrogen-bond acceptors (Lipinski definition) is 3. The van der Waals surface area contributed by atoms with E-state index in [1.54, 1.807) is 12.1 Å². The van der Waals surface area contributed by atoms with Crippen molar-refractivity contribution in [3.05, 3.63) is 41.7 Å². The van der Waals surface area contributed by atoms with Crippen LogP contribution in [0.25, 0.3) is 6.08 Å². The van der Waals surface area contributed by atoms with E-state index in [2.05, 4.69) is 11.0 Å². The maximum atomic E-state index is 12.7. The Balaban J connectivity index is 1.73. The van der Waals surface area contributed by atoms with E-state index in [1.165, 1.54) is 12.1 Å². The third-order valence-electron chi connectivity index (χ3n) is 3.00. The number of halogens is 1. The SMILES string of the molecule is CN(C/C=C/c1ccc(F)cc1)C[C@@H]1COCCO1. The normalized spacial score (nSPS) is 20.3. The standard InChI is InChI=1S/C15H20FNO2/c1-17(11-15-12-18-9-10-19-15)8-2-3-13-4-6-14(16)7-5-13/h2-7,15H,8-12H2,1H3/b3-2+/t15-/m1/s1. The highest BCUT2D eigenvalue weighted by Gasteiger charge is 2.15. The molecule has 1 aromatic carbocycles. The van der Waals surface area contributed by atoms with Crippen molar-refractivity contribution in [3.8, 4) is 0 Å². The van der Waals surface area contributed by atoms with E-state index in [0.29, 0.717) is 19.8 Å². The van der Waals surface area contributed by atoms with Gasteiger partial charge in [-0.15, -0.1) is 0 Å². The maximum absolute atomic E-state index is 12.7. The first-order chi connectivity index (χ1) is 9.24. The Morgan fingerprint density at radius 1 is 1.32 bits per heavy atom. The van der Waals surface area contributed by atoms with Gasteiger partial charge in [0.1, 0.15) is 5.82 Å². The maximum Gasteiger partial charge on any atom is 0.123 e. The molecule has 1 aliphatic heterocycles. The van der Waals surface area contributed by atoms with Crippen LogP contribution in [0.2, 0.25) is 0 Å². The number of hydrogen-bond donors (Lipinski definition) is 0. The summed E-state index contributed by atoms with van der Waals surface area (Å²) in [6.07, 6.45) is 4.23. The zero-order valence-electron chi connectivity index (χ0n) is 11.2. The quantitative estimate of drug-likeness (QED) is 0.814. The molecule has 0 bridgehead atoms. The molecule has 0 aliphatic carbocycles. The molecule has 2 rings (SSSR count). The van der Waals surface area contributed by atoms with Gasteiger partial charge in [0.2, 0.25) is 0 Å². The zero-order chi connectivity index (χ0) is 13.5. The number of nitrogens with zero attached hydrogens (tertiary/aromatic N) is 1. The average Bonchev–Trinajstić information content (AvgIpc) is 2.42. The fourth-order valence-electron chi connectivity index (χ4n) is 2.01. The average molecular weight is 265 g/mol. The number of rotatable bonds is 5. The molecule has 1 aromatic rings. The Morgan fingerprint density at radius 3 is 2.79 bits per heavy atom. The van der Waals surface area contributed by atoms with Crippen molar-refractivity contribution in [2.75, 3.05) is 40.0 Å². The molecule has 3 nitrogen and oxygen atoms in total. The van der Waals surface area contributed by atoms with Crippen molar-refractivity contribution < 1.29 is 13.9 Å². The summed E-state index contributed by atoms with van der Waals surface area (Å²) in [5, 5.41) is 0. The fraction of sp³-hybridized carbons (Fsp3) is 0.467. The van der Waals surface area contributed by atoms with E-state index >= 15 is 0 Å². The summed E-state index contributed by atoms with van der Waals surface area (Å²) in [6.45, 7) is 3.74. The van der Waals surface area contributed by atoms with Gasteiger partial charge in [0, 0.05) is 13.1 Å². The van der Waals surface area contributed by atoms with Crippen LogP contribution < -0.4 is 0 Å². The lowest BCUT2D eigenvalue weighted by Crippen LogP contribution is -2.38. The van der Waals surface area contributed by atoms with Gasteiger partial charge in [-0.2, -0.15) is 0 Å². The van der Waals surface area contributed by atoms with Crippen molar-refractivity contribution in [2.45, 2.75) is 6.10 Å². The molecule has 0 radical (unpaired) electrons. The number of benzene rings is 1. The molecule has 0 amide bonds. The molecule has 1 atom stereocenters. The van der Waals surface area contributed by atoms with Crippen LogP contribution >= 0.6 is 0 Å². The summed E-state index contributed by atoms with van der Waals surface area (Å²) in [7, 11) is 2.05. The molecule has 0 N–H and O–H groups in total. The molecular formula is C15H20FNO2. The second-order valence-corrected chi connectivity index (χ2v) is 4.74. The van der Waals surface area contributed by atoms with E-state index in [-0.39, 0.29) is 11.9 Å². The summed E-state index contributed by atoms with van der Waals surface area (Å²) >= 11 is 0. The first-order valence-corrected chi connectivity index (χ1v) is 6.54. The predicted molar refractivity (Wildman–Crippen MR) is 73.5 cm³/mol. The Morgan fingerprint density at radius 2 is 2.11 bits per heavy atom. The largest absolute Gasteiger partial charge is 0.376 e. The first-order valence-electron chi connectivity index (χ1n) is 6.54. The molecule has 1 heterocycles. The summed E-state index contributed by atoms with van der Waals surface area (Å²) in [4.78, 5) is 2.18.